The number of hydrogen-bond acceptors (Lipinski definition) is 6. The minimum atomic E-state index is -0.825. The van der Waals surface area contributed by atoms with Crippen LogP contribution >= 0.6 is 0 Å². The number of carbonyl (C=O) groups is 1. The molecule has 2 aliphatic rings. The summed E-state index contributed by atoms with van der Waals surface area (Å²) in [5.41, 5.74) is 4.80. The Bertz CT molecular complexity index is 1520. The lowest BCUT2D eigenvalue weighted by Gasteiger charge is -2.26. The normalized spacial score (nSPS) is 11.1. The molecule has 0 radical (unpaired) electrons. The van der Waals surface area contributed by atoms with Gasteiger partial charge in [-0.1, -0.05) is 0 Å². The third kappa shape index (κ3) is 5.25. The number of anilines is 2. The third-order valence-corrected chi connectivity index (χ3v) is 6.83. The van der Waals surface area contributed by atoms with Crippen molar-refractivity contribution in [1.29, 1.82) is 0 Å². The minimum Gasteiger partial charge on any atom is -0.507 e. The van der Waals surface area contributed by atoms with Crippen LogP contribution in [0, 0.1) is 0 Å². The summed E-state index contributed by atoms with van der Waals surface area (Å²) in [5.74, 6) is 0.599. The SMILES string of the molecule is CCN(CCCC(=O)O)c1cc(O)c(-c2c3ccc(=[N+](C)C)cc-3oc3cc(N(C)C)ccc23)cc1OC. The number of rotatable bonds is 9. The van der Waals surface area contributed by atoms with Crippen molar-refractivity contribution in [3.63, 3.8) is 0 Å². The molecule has 8 heteroatoms. The molecule has 2 aromatic rings. The van der Waals surface area contributed by atoms with E-state index in [-0.39, 0.29) is 12.2 Å². The van der Waals surface area contributed by atoms with Crippen molar-refractivity contribution in [3.8, 4) is 33.9 Å². The molecule has 8 nitrogen and oxygen atoms in total. The predicted molar refractivity (Wildman–Crippen MR) is 153 cm³/mol. The topological polar surface area (TPSA) is 89.4 Å². The van der Waals surface area contributed by atoms with Crippen LogP contribution in [0.25, 0.3) is 33.4 Å². The van der Waals surface area contributed by atoms with Crippen LogP contribution in [-0.2, 0) is 4.79 Å². The van der Waals surface area contributed by atoms with Crippen molar-refractivity contribution in [3.05, 3.63) is 53.9 Å². The number of aromatic hydroxyl groups is 1. The molecule has 2 aromatic carbocycles. The lowest BCUT2D eigenvalue weighted by Crippen LogP contribution is -2.25. The summed E-state index contributed by atoms with van der Waals surface area (Å²) < 4.78 is 14.2. The average Bonchev–Trinajstić information content (AvgIpc) is 2.89. The smallest absolute Gasteiger partial charge is 0.303 e. The van der Waals surface area contributed by atoms with E-state index < -0.39 is 5.97 Å². The number of nitrogens with zero attached hydrogens (tertiary/aromatic N) is 3. The van der Waals surface area contributed by atoms with Crippen LogP contribution in [0.2, 0.25) is 0 Å². The van der Waals surface area contributed by atoms with Gasteiger partial charge in [0.25, 0.3) is 0 Å². The zero-order chi connectivity index (χ0) is 27.6. The van der Waals surface area contributed by atoms with Gasteiger partial charge in [0, 0.05) is 79.6 Å². The maximum atomic E-state index is 11.4. The molecule has 0 atom stereocenters. The minimum absolute atomic E-state index is 0.0816. The first kappa shape index (κ1) is 26.9. The molecule has 1 aliphatic carbocycles. The molecule has 0 aromatic heterocycles. The van der Waals surface area contributed by atoms with Gasteiger partial charge in [-0.05, 0) is 37.6 Å². The van der Waals surface area contributed by atoms with Crippen LogP contribution in [-0.4, -0.2) is 64.6 Å². The van der Waals surface area contributed by atoms with E-state index >= 15 is 0 Å². The molecule has 38 heavy (non-hydrogen) atoms. The first-order valence-corrected chi connectivity index (χ1v) is 12.7. The van der Waals surface area contributed by atoms with E-state index in [1.165, 1.54) is 0 Å². The number of carboxylic acid groups (broad SMARTS) is 1. The second-order valence-corrected chi connectivity index (χ2v) is 9.75. The molecule has 0 bridgehead atoms. The van der Waals surface area contributed by atoms with E-state index in [2.05, 4.69) is 0 Å². The molecule has 0 saturated heterocycles. The van der Waals surface area contributed by atoms with Gasteiger partial charge in [-0.15, -0.1) is 0 Å². The Morgan fingerprint density at radius 2 is 1.82 bits per heavy atom. The summed E-state index contributed by atoms with van der Waals surface area (Å²) in [5, 5.41) is 22.3. The molecule has 0 fully saturated rings. The highest BCUT2D eigenvalue weighted by Gasteiger charge is 2.23. The van der Waals surface area contributed by atoms with Gasteiger partial charge in [-0.2, -0.15) is 0 Å². The predicted octanol–water partition coefficient (Wildman–Crippen LogP) is 4.71. The Hall–Kier alpha value is -4.20. The van der Waals surface area contributed by atoms with E-state index in [1.54, 1.807) is 13.2 Å². The Balaban J connectivity index is 1.97. The van der Waals surface area contributed by atoms with Crippen molar-refractivity contribution in [1.82, 2.24) is 4.58 Å². The molecule has 1 aliphatic heterocycles. The highest BCUT2D eigenvalue weighted by Crippen LogP contribution is 2.47. The highest BCUT2D eigenvalue weighted by molar-refractivity contribution is 6.04. The fourth-order valence-electron chi connectivity index (χ4n) is 4.75. The van der Waals surface area contributed by atoms with Gasteiger partial charge in [0.2, 0.25) is 5.36 Å². The molecule has 1 heterocycles. The van der Waals surface area contributed by atoms with Gasteiger partial charge in [-0.25, -0.2) is 4.58 Å². The van der Waals surface area contributed by atoms with E-state index in [0.29, 0.717) is 42.2 Å². The van der Waals surface area contributed by atoms with E-state index in [1.807, 2.05) is 92.0 Å². The van der Waals surface area contributed by atoms with Crippen LogP contribution in [0.4, 0.5) is 11.4 Å². The van der Waals surface area contributed by atoms with Crippen LogP contribution in [0.5, 0.6) is 11.5 Å². The molecule has 4 rings (SSSR count). The van der Waals surface area contributed by atoms with E-state index in [9.17, 15) is 9.90 Å². The Morgan fingerprint density at radius 3 is 2.45 bits per heavy atom. The van der Waals surface area contributed by atoms with Crippen molar-refractivity contribution >= 4 is 28.3 Å². The van der Waals surface area contributed by atoms with E-state index in [4.69, 9.17) is 14.3 Å². The fraction of sp³-hybridized carbons (Fsp3) is 0.333. The van der Waals surface area contributed by atoms with Crippen LogP contribution < -0.4 is 24.5 Å². The first-order chi connectivity index (χ1) is 18.1. The maximum absolute atomic E-state index is 11.4. The number of phenolic OH excluding ortho intramolecular Hbond substituents is 1. The number of carboxylic acids is 1. The summed E-state index contributed by atoms with van der Waals surface area (Å²) in [7, 11) is 9.54. The quantitative estimate of drug-likeness (QED) is 0.245. The molecule has 0 spiro atoms. The zero-order valence-corrected chi connectivity index (χ0v) is 22.9. The number of ether oxygens (including phenoxy) is 1. The highest BCUT2D eigenvalue weighted by atomic mass is 16.5. The molecule has 0 amide bonds. The fourth-order valence-corrected chi connectivity index (χ4v) is 4.75. The number of phenols is 1. The Kier molecular flexibility index (Phi) is 7.80. The van der Waals surface area contributed by atoms with Crippen molar-refractivity contribution in [2.75, 3.05) is 58.2 Å². The standard InChI is InChI=1S/C30H35N3O5/c1-7-33(14-8-9-29(35)36)24-18-25(34)23(17-28(24)37-6)30-21-12-10-19(31(2)3)15-26(21)38-27-16-20(32(4)5)11-13-22(27)30/h10-13,15-18H,7-9,14H2,1-6H3,(H,35,36)/p+1. The van der Waals surface area contributed by atoms with Gasteiger partial charge in [0.15, 0.2) is 0 Å². The second kappa shape index (κ2) is 11.0. The van der Waals surface area contributed by atoms with Crippen molar-refractivity contribution in [2.45, 2.75) is 19.8 Å². The first-order valence-electron chi connectivity index (χ1n) is 12.7. The molecular formula is C30H36N3O5+. The number of aliphatic carboxylic acids is 1. The molecule has 0 unspecified atom stereocenters. The van der Waals surface area contributed by atoms with Crippen LogP contribution in [0.1, 0.15) is 19.8 Å². The zero-order valence-electron chi connectivity index (χ0n) is 22.9. The monoisotopic (exact) mass is 518 g/mol. The van der Waals surface area contributed by atoms with Crippen LogP contribution in [0.15, 0.2) is 52.9 Å². The average molecular weight is 519 g/mol. The molecular weight excluding hydrogens is 482 g/mol. The summed E-state index contributed by atoms with van der Waals surface area (Å²) in [6.45, 7) is 3.18. The largest absolute Gasteiger partial charge is 0.507 e. The van der Waals surface area contributed by atoms with Gasteiger partial charge in [0.1, 0.15) is 36.9 Å². The summed E-state index contributed by atoms with van der Waals surface area (Å²) >= 11 is 0. The van der Waals surface area contributed by atoms with Gasteiger partial charge in [0.05, 0.1) is 18.9 Å². The second-order valence-electron chi connectivity index (χ2n) is 9.75. The Morgan fingerprint density at radius 1 is 1.05 bits per heavy atom. The Labute approximate surface area is 223 Å². The summed E-state index contributed by atoms with van der Waals surface area (Å²) in [6, 6.07) is 15.7. The number of hydrogen-bond donors (Lipinski definition) is 2. The van der Waals surface area contributed by atoms with Crippen LogP contribution in [0.3, 0.4) is 0 Å². The maximum Gasteiger partial charge on any atom is 0.303 e. The molecule has 2 N–H and O–H groups in total. The van der Waals surface area contributed by atoms with E-state index in [0.717, 1.165) is 33.2 Å². The van der Waals surface area contributed by atoms with Gasteiger partial charge < -0.3 is 29.2 Å². The van der Waals surface area contributed by atoms with Gasteiger partial charge in [-0.3, -0.25) is 4.79 Å². The summed E-state index contributed by atoms with van der Waals surface area (Å²) in [4.78, 5) is 15.1. The van der Waals surface area contributed by atoms with Crippen molar-refractivity contribution < 1.29 is 24.2 Å². The third-order valence-electron chi connectivity index (χ3n) is 6.83. The number of fused-ring (bicyclic) bond motifs is 2. The van der Waals surface area contributed by atoms with Gasteiger partial charge >= 0.3 is 5.97 Å². The number of methoxy groups -OCH3 is 1. The molecule has 0 saturated carbocycles. The van der Waals surface area contributed by atoms with Crippen molar-refractivity contribution in [2.24, 2.45) is 0 Å². The lowest BCUT2D eigenvalue weighted by molar-refractivity contribution is -0.137. The summed E-state index contributed by atoms with van der Waals surface area (Å²) in [6.07, 6.45) is 0.574. The lowest BCUT2D eigenvalue weighted by atomic mass is 9.92. The molecule has 200 valence electrons. The number of benzene rings is 3.